The van der Waals surface area contributed by atoms with E-state index in [1.54, 1.807) is 0 Å². The zero-order valence-corrected chi connectivity index (χ0v) is 15.1. The lowest BCUT2D eigenvalue weighted by Gasteiger charge is -2.09. The molecule has 0 aliphatic carbocycles. The average Bonchev–Trinajstić information content (AvgIpc) is 2.63. The van der Waals surface area contributed by atoms with E-state index in [0.717, 1.165) is 19.3 Å². The van der Waals surface area contributed by atoms with Crippen LogP contribution in [0.2, 0.25) is 0 Å². The van der Waals surface area contributed by atoms with Gasteiger partial charge >= 0.3 is 0 Å². The highest BCUT2D eigenvalue weighted by molar-refractivity contribution is 5.96. The minimum absolute atomic E-state index is 0.147. The molecule has 0 spiro atoms. The molecule has 0 saturated carbocycles. The molecule has 0 saturated heterocycles. The highest BCUT2D eigenvalue weighted by Gasteiger charge is 2.19. The molecule has 0 aromatic heterocycles. The van der Waals surface area contributed by atoms with Gasteiger partial charge in [0.15, 0.2) is 17.4 Å². The topological polar surface area (TPSA) is 17.1 Å². The van der Waals surface area contributed by atoms with Gasteiger partial charge in [0.1, 0.15) is 0 Å². The standard InChI is InChI=1S/C22H26F2O/c1-3-5-7-8-16-10-12-17(13-11-16)18-14-15-19(22(24)21(18)23)20(25)9-6-4-2/h10-15H,3-9H2,1-2H3. The SMILES string of the molecule is CCCCCc1ccc(-c2ccc(C(=O)CCCC)c(F)c2F)cc1. The summed E-state index contributed by atoms with van der Waals surface area (Å²) in [7, 11) is 0. The second kappa shape index (κ2) is 9.45. The molecule has 0 aliphatic rings. The monoisotopic (exact) mass is 344 g/mol. The van der Waals surface area contributed by atoms with Crippen molar-refractivity contribution in [1.29, 1.82) is 0 Å². The van der Waals surface area contributed by atoms with Crippen molar-refractivity contribution < 1.29 is 13.6 Å². The lowest BCUT2D eigenvalue weighted by molar-refractivity contribution is 0.0975. The van der Waals surface area contributed by atoms with Crippen molar-refractivity contribution >= 4 is 5.78 Å². The zero-order valence-electron chi connectivity index (χ0n) is 15.1. The molecule has 0 bridgehead atoms. The van der Waals surface area contributed by atoms with E-state index in [1.165, 1.54) is 30.5 Å². The molecule has 1 nitrogen and oxygen atoms in total. The number of hydrogen-bond acceptors (Lipinski definition) is 1. The van der Waals surface area contributed by atoms with E-state index in [2.05, 4.69) is 6.92 Å². The molecule has 0 N–H and O–H groups in total. The third-order valence-electron chi connectivity index (χ3n) is 4.47. The van der Waals surface area contributed by atoms with Crippen LogP contribution in [0, 0.1) is 11.6 Å². The van der Waals surface area contributed by atoms with Crippen molar-refractivity contribution in [3.63, 3.8) is 0 Å². The summed E-state index contributed by atoms with van der Waals surface area (Å²) in [6, 6.07) is 10.5. The fraction of sp³-hybridized carbons (Fsp3) is 0.409. The molecule has 0 amide bonds. The normalized spacial score (nSPS) is 10.9. The Hall–Kier alpha value is -2.03. The second-order valence-electron chi connectivity index (χ2n) is 6.47. The number of Topliss-reactive ketones (excluding diaryl/α,β-unsaturated/α-hetero) is 1. The molecule has 3 heteroatoms. The Labute approximate surface area is 149 Å². The predicted molar refractivity (Wildman–Crippen MR) is 98.9 cm³/mol. The highest BCUT2D eigenvalue weighted by atomic mass is 19.2. The van der Waals surface area contributed by atoms with E-state index in [-0.39, 0.29) is 23.3 Å². The van der Waals surface area contributed by atoms with Crippen LogP contribution in [0.3, 0.4) is 0 Å². The Bertz CT molecular complexity index is 705. The van der Waals surface area contributed by atoms with Gasteiger partial charge in [-0.05, 0) is 36.5 Å². The minimum Gasteiger partial charge on any atom is -0.294 e. The number of rotatable bonds is 9. The molecule has 2 rings (SSSR count). The van der Waals surface area contributed by atoms with Gasteiger partial charge in [-0.15, -0.1) is 0 Å². The molecule has 2 aromatic rings. The van der Waals surface area contributed by atoms with Gasteiger partial charge in [0.2, 0.25) is 0 Å². The molecule has 0 atom stereocenters. The van der Waals surface area contributed by atoms with Crippen LogP contribution in [0.5, 0.6) is 0 Å². The van der Waals surface area contributed by atoms with Crippen LogP contribution >= 0.6 is 0 Å². The summed E-state index contributed by atoms with van der Waals surface area (Å²) in [5.41, 5.74) is 1.88. The first-order valence-electron chi connectivity index (χ1n) is 9.19. The van der Waals surface area contributed by atoms with E-state index in [0.29, 0.717) is 12.0 Å². The van der Waals surface area contributed by atoms with Crippen molar-refractivity contribution in [2.75, 3.05) is 0 Å². The van der Waals surface area contributed by atoms with Crippen LogP contribution in [0.1, 0.15) is 68.3 Å². The van der Waals surface area contributed by atoms with E-state index >= 15 is 0 Å². The summed E-state index contributed by atoms with van der Waals surface area (Å²) in [5.74, 6) is -2.32. The van der Waals surface area contributed by atoms with Crippen molar-refractivity contribution in [2.45, 2.75) is 58.8 Å². The Balaban J connectivity index is 2.19. The molecular formula is C22H26F2O. The fourth-order valence-corrected chi connectivity index (χ4v) is 2.89. The van der Waals surface area contributed by atoms with Gasteiger partial charge in [-0.2, -0.15) is 0 Å². The summed E-state index contributed by atoms with van der Waals surface area (Å²) in [6.07, 6.45) is 6.27. The molecule has 25 heavy (non-hydrogen) atoms. The smallest absolute Gasteiger partial charge is 0.170 e. The largest absolute Gasteiger partial charge is 0.294 e. The fourth-order valence-electron chi connectivity index (χ4n) is 2.89. The Morgan fingerprint density at radius 1 is 0.840 bits per heavy atom. The maximum Gasteiger partial charge on any atom is 0.170 e. The van der Waals surface area contributed by atoms with Crippen molar-refractivity contribution in [3.8, 4) is 11.1 Å². The number of carbonyl (C=O) groups excluding carboxylic acids is 1. The van der Waals surface area contributed by atoms with Gasteiger partial charge in [0.25, 0.3) is 0 Å². The third kappa shape index (κ3) is 4.97. The molecule has 134 valence electrons. The number of halogens is 2. The van der Waals surface area contributed by atoms with Gasteiger partial charge in [-0.3, -0.25) is 4.79 Å². The van der Waals surface area contributed by atoms with Gasteiger partial charge in [0, 0.05) is 12.0 Å². The van der Waals surface area contributed by atoms with E-state index < -0.39 is 11.6 Å². The molecule has 0 fully saturated rings. The van der Waals surface area contributed by atoms with Gasteiger partial charge in [0.05, 0.1) is 5.56 Å². The maximum absolute atomic E-state index is 14.5. The van der Waals surface area contributed by atoms with Crippen LogP contribution < -0.4 is 0 Å². The van der Waals surface area contributed by atoms with Crippen LogP contribution in [0.4, 0.5) is 8.78 Å². The van der Waals surface area contributed by atoms with E-state index in [9.17, 15) is 13.6 Å². The second-order valence-corrected chi connectivity index (χ2v) is 6.47. The number of hydrogen-bond donors (Lipinski definition) is 0. The molecule has 0 unspecified atom stereocenters. The first-order chi connectivity index (χ1) is 12.1. The first-order valence-corrected chi connectivity index (χ1v) is 9.19. The van der Waals surface area contributed by atoms with Crippen molar-refractivity contribution in [2.24, 2.45) is 0 Å². The minimum atomic E-state index is -1.04. The maximum atomic E-state index is 14.5. The van der Waals surface area contributed by atoms with Gasteiger partial charge in [-0.1, -0.05) is 63.4 Å². The first kappa shape index (κ1) is 19.3. The Morgan fingerprint density at radius 3 is 2.16 bits per heavy atom. The van der Waals surface area contributed by atoms with Crippen LogP contribution in [-0.4, -0.2) is 5.78 Å². The molecule has 2 aromatic carbocycles. The summed E-state index contributed by atoms with van der Waals surface area (Å²) in [4.78, 5) is 12.0. The molecule has 0 radical (unpaired) electrons. The average molecular weight is 344 g/mol. The van der Waals surface area contributed by atoms with Crippen LogP contribution in [0.25, 0.3) is 11.1 Å². The Morgan fingerprint density at radius 2 is 1.52 bits per heavy atom. The summed E-state index contributed by atoms with van der Waals surface area (Å²) in [5, 5.41) is 0. The number of benzene rings is 2. The van der Waals surface area contributed by atoms with Crippen LogP contribution in [0.15, 0.2) is 36.4 Å². The van der Waals surface area contributed by atoms with Crippen molar-refractivity contribution in [1.82, 2.24) is 0 Å². The Kier molecular flexibility index (Phi) is 7.30. The quantitative estimate of drug-likeness (QED) is 0.364. The predicted octanol–water partition coefficient (Wildman–Crippen LogP) is 6.74. The summed E-state index contributed by atoms with van der Waals surface area (Å²) < 4.78 is 28.8. The lowest BCUT2D eigenvalue weighted by atomic mass is 9.97. The van der Waals surface area contributed by atoms with Gasteiger partial charge < -0.3 is 0 Å². The zero-order chi connectivity index (χ0) is 18.2. The molecule has 0 heterocycles. The van der Waals surface area contributed by atoms with E-state index in [1.807, 2.05) is 31.2 Å². The lowest BCUT2D eigenvalue weighted by Crippen LogP contribution is -2.05. The molecular weight excluding hydrogens is 318 g/mol. The number of aryl methyl sites for hydroxylation is 1. The number of ketones is 1. The van der Waals surface area contributed by atoms with Crippen LogP contribution in [-0.2, 0) is 6.42 Å². The van der Waals surface area contributed by atoms with Gasteiger partial charge in [-0.25, -0.2) is 8.78 Å². The van der Waals surface area contributed by atoms with Crippen molar-refractivity contribution in [3.05, 3.63) is 59.2 Å². The highest BCUT2D eigenvalue weighted by Crippen LogP contribution is 2.27. The van der Waals surface area contributed by atoms with E-state index in [4.69, 9.17) is 0 Å². The third-order valence-corrected chi connectivity index (χ3v) is 4.47. The number of carbonyl (C=O) groups is 1. The molecule has 0 aliphatic heterocycles. The number of unbranched alkanes of at least 4 members (excludes halogenated alkanes) is 3. The summed E-state index contributed by atoms with van der Waals surface area (Å²) >= 11 is 0. The summed E-state index contributed by atoms with van der Waals surface area (Å²) in [6.45, 7) is 4.12.